The molecular weight excluding hydrogens is 293 g/mol. The highest BCUT2D eigenvalue weighted by atomic mass is 31.1. The Kier molecular flexibility index (Phi) is 9.14. The van der Waals surface area contributed by atoms with Gasteiger partial charge in [0.1, 0.15) is 0 Å². The first-order valence-electron chi connectivity index (χ1n) is 7.06. The third kappa shape index (κ3) is 5.26. The van der Waals surface area contributed by atoms with Crippen LogP contribution >= 0.6 is 7.95 Å². The first-order chi connectivity index (χ1) is 9.76. The van der Waals surface area contributed by atoms with Crippen molar-refractivity contribution in [3.05, 3.63) is 0 Å². The van der Waals surface area contributed by atoms with Crippen molar-refractivity contribution in [2.75, 3.05) is 19.8 Å². The van der Waals surface area contributed by atoms with Gasteiger partial charge in [-0.2, -0.15) is 5.26 Å². The molecule has 7 nitrogen and oxygen atoms in total. The van der Waals surface area contributed by atoms with Gasteiger partial charge in [0.15, 0.2) is 0 Å². The van der Waals surface area contributed by atoms with Gasteiger partial charge in [-0.15, -0.1) is 0 Å². The van der Waals surface area contributed by atoms with Crippen molar-refractivity contribution in [1.82, 2.24) is 4.67 Å². The highest BCUT2D eigenvalue weighted by Gasteiger charge is 2.60. The number of aliphatic hydroxyl groups excluding tert-OH is 1. The Bertz CT molecular complexity index is 361. The van der Waals surface area contributed by atoms with E-state index in [0.717, 1.165) is 0 Å². The van der Waals surface area contributed by atoms with Crippen molar-refractivity contribution >= 4 is 7.95 Å². The van der Waals surface area contributed by atoms with Gasteiger partial charge in [-0.05, 0) is 32.3 Å². The predicted octanol–water partition coefficient (Wildman–Crippen LogP) is 0.991. The number of nitriles is 1. The highest BCUT2D eigenvalue weighted by Crippen LogP contribution is 2.48. The fraction of sp³-hybridized carbons (Fsp3) is 0.923. The summed E-state index contributed by atoms with van der Waals surface area (Å²) in [6, 6.07) is 1.72. The van der Waals surface area contributed by atoms with Gasteiger partial charge in [0.2, 0.25) is 0 Å². The molecule has 0 aliphatic carbocycles. The molecule has 0 spiro atoms. The maximum absolute atomic E-state index is 12.9. The Balaban J connectivity index is 5.45. The Morgan fingerprint density at radius 3 is 2.24 bits per heavy atom. The summed E-state index contributed by atoms with van der Waals surface area (Å²) in [5.74, 6) is -0.889. The molecular formula is C13H27N3O4P+. The topological polar surface area (TPSA) is 120 Å². The summed E-state index contributed by atoms with van der Waals surface area (Å²) in [6.07, 6.45) is 0.0531. The molecule has 0 aliphatic rings. The molecule has 0 saturated carbocycles. The van der Waals surface area contributed by atoms with E-state index in [1.165, 1.54) is 0 Å². The van der Waals surface area contributed by atoms with Gasteiger partial charge in [0, 0.05) is 18.6 Å². The average molecular weight is 320 g/mol. The molecule has 0 radical (unpaired) electrons. The summed E-state index contributed by atoms with van der Waals surface area (Å²) in [6.45, 7) is 6.83. The minimum absolute atomic E-state index is 0.0531. The molecule has 0 aliphatic heterocycles. The summed E-state index contributed by atoms with van der Waals surface area (Å²) in [4.78, 5) is 0. The van der Waals surface area contributed by atoms with Crippen LogP contribution in [0, 0.1) is 17.2 Å². The van der Waals surface area contributed by atoms with Crippen molar-refractivity contribution in [2.24, 2.45) is 11.7 Å². The van der Waals surface area contributed by atoms with E-state index in [9.17, 15) is 14.8 Å². The maximum atomic E-state index is 12.9. The summed E-state index contributed by atoms with van der Waals surface area (Å²) in [5, 5.41) is 28.7. The lowest BCUT2D eigenvalue weighted by atomic mass is 10.1. The zero-order chi connectivity index (χ0) is 16.6. The normalized spacial score (nSPS) is 16.9. The Morgan fingerprint density at radius 2 is 1.90 bits per heavy atom. The van der Waals surface area contributed by atoms with Gasteiger partial charge >= 0.3 is 13.5 Å². The smallest absolute Gasteiger partial charge is 0.396 e. The second-order valence-electron chi connectivity index (χ2n) is 5.37. The van der Waals surface area contributed by atoms with E-state index < -0.39 is 26.0 Å². The van der Waals surface area contributed by atoms with Gasteiger partial charge in [-0.1, -0.05) is 4.67 Å². The molecule has 4 N–H and O–H groups in total. The first kappa shape index (κ1) is 20.4. The third-order valence-corrected chi connectivity index (χ3v) is 5.49. The van der Waals surface area contributed by atoms with Crippen LogP contribution in [0.3, 0.4) is 0 Å². The maximum Gasteiger partial charge on any atom is 0.502 e. The van der Waals surface area contributed by atoms with Crippen LogP contribution in [0.2, 0.25) is 0 Å². The van der Waals surface area contributed by atoms with E-state index in [0.29, 0.717) is 0 Å². The zero-order valence-corrected chi connectivity index (χ0v) is 14.1. The molecule has 0 aromatic heterocycles. The monoisotopic (exact) mass is 320 g/mol. The lowest BCUT2D eigenvalue weighted by Crippen LogP contribution is -2.48. The number of rotatable bonds is 10. The third-order valence-electron chi connectivity index (χ3n) is 3.11. The second-order valence-corrected chi connectivity index (χ2v) is 7.02. The molecule has 3 atom stereocenters. The van der Waals surface area contributed by atoms with Crippen LogP contribution in [0.15, 0.2) is 0 Å². The number of ether oxygens (including phenoxy) is 1. The van der Waals surface area contributed by atoms with Gasteiger partial charge in [-0.25, -0.2) is 0 Å². The Labute approximate surface area is 127 Å². The number of nitrogens with two attached hydrogens (primary N) is 1. The molecule has 0 heterocycles. The molecule has 0 bridgehead atoms. The number of nitrogens with zero attached hydrogens (tertiary/aromatic N) is 2. The van der Waals surface area contributed by atoms with E-state index in [4.69, 9.17) is 15.7 Å². The predicted molar refractivity (Wildman–Crippen MR) is 80.5 cm³/mol. The lowest BCUT2D eigenvalue weighted by Gasteiger charge is -2.30. The minimum atomic E-state index is -2.37. The fourth-order valence-electron chi connectivity index (χ4n) is 2.10. The molecule has 0 aromatic rings. The molecule has 21 heavy (non-hydrogen) atoms. The fourth-order valence-corrected chi connectivity index (χ4v) is 3.98. The van der Waals surface area contributed by atoms with Gasteiger partial charge in [0.05, 0.1) is 31.6 Å². The largest absolute Gasteiger partial charge is 0.502 e. The van der Waals surface area contributed by atoms with Crippen LogP contribution < -0.4 is 5.73 Å². The van der Waals surface area contributed by atoms with E-state index in [1.54, 1.807) is 4.67 Å². The van der Waals surface area contributed by atoms with Crippen molar-refractivity contribution in [1.29, 1.82) is 5.26 Å². The SMILES string of the molecule is CC(C)N(C(C)C)[P+](=O)[C@@](O)(OCCC#N)C(CN)CO. The quantitative estimate of drug-likeness (QED) is 0.312. The number of hydrogen-bond acceptors (Lipinski definition) is 6. The lowest BCUT2D eigenvalue weighted by molar-refractivity contribution is -0.180. The van der Waals surface area contributed by atoms with Gasteiger partial charge < -0.3 is 20.7 Å². The van der Waals surface area contributed by atoms with Crippen LogP contribution in [-0.2, 0) is 9.30 Å². The number of hydrogen-bond donors (Lipinski definition) is 3. The van der Waals surface area contributed by atoms with E-state index in [2.05, 4.69) is 0 Å². The molecule has 2 unspecified atom stereocenters. The van der Waals surface area contributed by atoms with E-state index >= 15 is 0 Å². The van der Waals surface area contributed by atoms with E-state index in [1.807, 2.05) is 33.8 Å². The first-order valence-corrected chi connectivity index (χ1v) is 8.27. The summed E-state index contributed by atoms with van der Waals surface area (Å²) >= 11 is 0. The molecule has 122 valence electrons. The highest BCUT2D eigenvalue weighted by molar-refractivity contribution is 7.43. The second kappa shape index (κ2) is 9.42. The van der Waals surface area contributed by atoms with Gasteiger partial charge in [-0.3, -0.25) is 0 Å². The van der Waals surface area contributed by atoms with Crippen LogP contribution in [0.5, 0.6) is 0 Å². The summed E-state index contributed by atoms with van der Waals surface area (Å²) in [7, 11) is -2.37. The molecule has 0 amide bonds. The van der Waals surface area contributed by atoms with Crippen LogP contribution in [0.1, 0.15) is 34.1 Å². The molecule has 0 rings (SSSR count). The number of aliphatic hydroxyl groups is 2. The average Bonchev–Trinajstić information content (AvgIpc) is 2.39. The van der Waals surface area contributed by atoms with Crippen molar-refractivity contribution in [3.63, 3.8) is 0 Å². The molecule has 0 aromatic carbocycles. The van der Waals surface area contributed by atoms with Gasteiger partial charge in [0.25, 0.3) is 0 Å². The summed E-state index contributed by atoms with van der Waals surface area (Å²) in [5.41, 5.74) is 3.47. The standard InChI is InChI=1S/C13H27N3O4P/c1-10(2)16(11(3)4)21(19)13(18,12(8-15)9-17)20-7-5-6-14/h10-12,17-18H,5,7-9,15H2,1-4H3/q+1/t12?,13-/m0/s1. The van der Waals surface area contributed by atoms with Crippen LogP contribution in [-0.4, -0.2) is 52.3 Å². The van der Waals surface area contributed by atoms with Crippen LogP contribution in [0.25, 0.3) is 0 Å². The summed E-state index contributed by atoms with van der Waals surface area (Å²) < 4.78 is 19.8. The van der Waals surface area contributed by atoms with Crippen molar-refractivity contribution in [2.45, 2.75) is 51.7 Å². The minimum Gasteiger partial charge on any atom is -0.396 e. The zero-order valence-electron chi connectivity index (χ0n) is 13.2. The Morgan fingerprint density at radius 1 is 1.38 bits per heavy atom. The molecule has 0 saturated heterocycles. The van der Waals surface area contributed by atoms with Crippen molar-refractivity contribution in [3.8, 4) is 6.07 Å². The van der Waals surface area contributed by atoms with Crippen LogP contribution in [0.4, 0.5) is 0 Å². The Hall–Kier alpha value is -0.610. The van der Waals surface area contributed by atoms with Crippen molar-refractivity contribution < 1.29 is 19.5 Å². The molecule has 0 fully saturated rings. The van der Waals surface area contributed by atoms with E-state index in [-0.39, 0.29) is 31.7 Å². The molecule has 8 heteroatoms.